The van der Waals surface area contributed by atoms with E-state index in [1.54, 1.807) is 24.3 Å². The molecule has 1 aliphatic heterocycles. The summed E-state index contributed by atoms with van der Waals surface area (Å²) < 4.78 is 26.6. The molecule has 0 unspecified atom stereocenters. The maximum absolute atomic E-state index is 14.4. The number of nitrogens with zero attached hydrogens (tertiary/aromatic N) is 5. The average molecular weight is 585 g/mol. The van der Waals surface area contributed by atoms with Crippen LogP contribution in [0.2, 0.25) is 5.02 Å². The van der Waals surface area contributed by atoms with Crippen molar-refractivity contribution in [2.75, 3.05) is 6.61 Å². The monoisotopic (exact) mass is 584 g/mol. The Hall–Kier alpha value is -4.34. The van der Waals surface area contributed by atoms with Gasteiger partial charge in [-0.25, -0.2) is 14.5 Å². The minimum absolute atomic E-state index is 0.116. The summed E-state index contributed by atoms with van der Waals surface area (Å²) in [6, 6.07) is 11.8. The summed E-state index contributed by atoms with van der Waals surface area (Å²) in [6.45, 7) is 2.30. The van der Waals surface area contributed by atoms with E-state index in [9.17, 15) is 33.8 Å². The maximum atomic E-state index is 14.4. The Kier molecular flexibility index (Phi) is 8.15. The number of aliphatic hydroxyl groups excluding tert-OH is 1. The average Bonchev–Trinajstić information content (AvgIpc) is 3.49. The lowest BCUT2D eigenvalue weighted by molar-refractivity contribution is -0.135. The van der Waals surface area contributed by atoms with Gasteiger partial charge in [0, 0.05) is 11.8 Å². The number of hydrogen-bond donors (Lipinski definition) is 3. The summed E-state index contributed by atoms with van der Waals surface area (Å²) >= 11 is 6.08. The normalized spacial score (nSPS) is 17.9. The largest absolute Gasteiger partial charge is 0.465 e. The van der Waals surface area contributed by atoms with Gasteiger partial charge in [0.25, 0.3) is 5.91 Å². The molecule has 2 amide bonds. The molecular weight excluding hydrogens is 558 g/mol. The number of guanidine groups is 1. The number of carboxylic acid groups (broad SMARTS) is 1. The molecular formula is C28H27ClF2N6O4. The molecule has 3 N–H and O–H groups in total. The highest BCUT2D eigenvalue weighted by molar-refractivity contribution is 6.31. The zero-order chi connectivity index (χ0) is 30.1. The number of carbonyl (C=O) groups is 2. The first-order chi connectivity index (χ1) is 19.3. The van der Waals surface area contributed by atoms with Crippen molar-refractivity contribution in [2.45, 2.75) is 45.3 Å². The number of alkyl halides is 2. The van der Waals surface area contributed by atoms with Gasteiger partial charge in [0.1, 0.15) is 6.07 Å². The maximum Gasteiger partial charge on any atom is 0.411 e. The van der Waals surface area contributed by atoms with Crippen LogP contribution >= 0.6 is 11.6 Å². The second kappa shape index (κ2) is 11.3. The van der Waals surface area contributed by atoms with Gasteiger partial charge in [-0.1, -0.05) is 62.7 Å². The van der Waals surface area contributed by atoms with Crippen molar-refractivity contribution < 1.29 is 28.6 Å². The molecule has 0 aliphatic carbocycles. The zero-order valence-electron chi connectivity index (χ0n) is 22.3. The molecule has 0 saturated carbocycles. The Labute approximate surface area is 239 Å². The van der Waals surface area contributed by atoms with E-state index < -0.39 is 42.2 Å². The summed E-state index contributed by atoms with van der Waals surface area (Å²) in [6.07, 6.45) is 1.19. The number of aliphatic imine (C=N–C) groups is 1. The molecule has 3 aromatic rings. The number of aliphatic hydroxyl groups is 1. The Balaban J connectivity index is 1.84. The summed E-state index contributed by atoms with van der Waals surface area (Å²) in [5.74, 6) is -0.886. The molecule has 2 heterocycles. The number of amides is 2. The number of aromatic nitrogens is 2. The molecule has 10 nitrogen and oxygen atoms in total. The second-order valence-electron chi connectivity index (χ2n) is 10.8. The number of rotatable bonds is 7. The van der Waals surface area contributed by atoms with E-state index in [-0.39, 0.29) is 23.0 Å². The van der Waals surface area contributed by atoms with Gasteiger partial charge in [-0.05, 0) is 40.7 Å². The Morgan fingerprint density at radius 3 is 2.41 bits per heavy atom. The fourth-order valence-electron chi connectivity index (χ4n) is 4.93. The number of nitriles is 1. The summed E-state index contributed by atoms with van der Waals surface area (Å²) in [5.41, 5.74) is -0.178. The van der Waals surface area contributed by atoms with Crippen LogP contribution in [0.5, 0.6) is 0 Å². The van der Waals surface area contributed by atoms with E-state index in [0.29, 0.717) is 26.9 Å². The predicted octanol–water partition coefficient (Wildman–Crippen LogP) is 5.30. The third-order valence-corrected chi connectivity index (χ3v) is 6.91. The van der Waals surface area contributed by atoms with Crippen molar-refractivity contribution in [3.63, 3.8) is 0 Å². The lowest BCUT2D eigenvalue weighted by Crippen LogP contribution is -2.49. The molecule has 41 heavy (non-hydrogen) atoms. The Morgan fingerprint density at radius 2 is 1.88 bits per heavy atom. The van der Waals surface area contributed by atoms with Gasteiger partial charge in [-0.3, -0.25) is 15.0 Å². The van der Waals surface area contributed by atoms with Crippen molar-refractivity contribution >= 4 is 29.6 Å². The molecule has 1 aromatic heterocycles. The highest BCUT2D eigenvalue weighted by Crippen LogP contribution is 2.45. The second-order valence-corrected chi connectivity index (χ2v) is 11.2. The van der Waals surface area contributed by atoms with E-state index in [1.807, 2.05) is 26.8 Å². The number of hydrogen-bond acceptors (Lipinski definition) is 6. The standard InChI is InChI=1S/C28H27ClF2N6O4/c1-27(2,3)15-28(20-7-4-16(5-8-20)19-12-33-36(13-19)24(30)31)23(39)37(25(35-28)34-26(40)41)22(14-38)17-6-9-21(29)18(10-17)11-32/h4-10,12-13,22,24,38H,14-15H2,1-3H3,(H,34,35)(H,40,41)/t22-,28-/m1/s1. The molecule has 0 bridgehead atoms. The number of nitrogens with one attached hydrogen (secondary N) is 1. The van der Waals surface area contributed by atoms with Crippen molar-refractivity contribution in [3.05, 3.63) is 76.6 Å². The number of halogens is 3. The molecule has 0 fully saturated rings. The van der Waals surface area contributed by atoms with Crippen LogP contribution in [0, 0.1) is 16.7 Å². The minimum Gasteiger partial charge on any atom is -0.465 e. The molecule has 1 aliphatic rings. The van der Waals surface area contributed by atoms with Gasteiger partial charge >= 0.3 is 12.6 Å². The van der Waals surface area contributed by atoms with Gasteiger partial charge in [-0.2, -0.15) is 19.1 Å². The molecule has 2 atom stereocenters. The number of benzene rings is 2. The molecule has 4 rings (SSSR count). The summed E-state index contributed by atoms with van der Waals surface area (Å²) in [4.78, 5) is 31.9. The smallest absolute Gasteiger partial charge is 0.411 e. The van der Waals surface area contributed by atoms with Crippen LogP contribution in [0.3, 0.4) is 0 Å². The van der Waals surface area contributed by atoms with Crippen molar-refractivity contribution in [2.24, 2.45) is 10.4 Å². The topological polar surface area (TPSA) is 144 Å². The molecule has 0 spiro atoms. The highest BCUT2D eigenvalue weighted by atomic mass is 35.5. The van der Waals surface area contributed by atoms with Crippen LogP contribution in [0.4, 0.5) is 13.6 Å². The van der Waals surface area contributed by atoms with Crippen LogP contribution in [-0.4, -0.2) is 49.5 Å². The summed E-state index contributed by atoms with van der Waals surface area (Å²) in [5, 5.41) is 35.5. The fraction of sp³-hybridized carbons (Fsp3) is 0.321. The first-order valence-corrected chi connectivity index (χ1v) is 12.8. The SMILES string of the molecule is CC(C)(C)C[C@]1(c2ccc(-c3cnn(C(F)F)c3)cc2)N=C(NC(=O)O)N([C@H](CO)c2ccc(Cl)c(C#N)c2)C1=O. The van der Waals surface area contributed by atoms with E-state index >= 15 is 0 Å². The van der Waals surface area contributed by atoms with Gasteiger partial charge in [0.05, 0.1) is 29.4 Å². The predicted molar refractivity (Wildman–Crippen MR) is 146 cm³/mol. The van der Waals surface area contributed by atoms with Gasteiger partial charge in [-0.15, -0.1) is 0 Å². The van der Waals surface area contributed by atoms with Crippen molar-refractivity contribution in [1.82, 2.24) is 20.0 Å². The lowest BCUT2D eigenvalue weighted by atomic mass is 9.75. The molecule has 214 valence electrons. The Morgan fingerprint density at radius 1 is 1.20 bits per heavy atom. The molecule has 0 saturated heterocycles. The highest BCUT2D eigenvalue weighted by Gasteiger charge is 2.53. The quantitative estimate of drug-likeness (QED) is 0.344. The fourth-order valence-corrected chi connectivity index (χ4v) is 5.09. The molecule has 2 aromatic carbocycles. The van der Waals surface area contributed by atoms with E-state index in [2.05, 4.69) is 15.4 Å². The zero-order valence-corrected chi connectivity index (χ0v) is 23.1. The third-order valence-electron chi connectivity index (χ3n) is 6.58. The van der Waals surface area contributed by atoms with Crippen LogP contribution < -0.4 is 5.32 Å². The first kappa shape index (κ1) is 29.6. The van der Waals surface area contributed by atoms with E-state index in [0.717, 1.165) is 4.90 Å². The Bertz CT molecular complexity index is 1540. The molecule has 13 heteroatoms. The molecule has 0 radical (unpaired) electrons. The lowest BCUT2D eigenvalue weighted by Gasteiger charge is -2.34. The van der Waals surface area contributed by atoms with Crippen LogP contribution in [0.25, 0.3) is 11.1 Å². The minimum atomic E-state index is -2.79. The van der Waals surface area contributed by atoms with E-state index in [4.69, 9.17) is 11.6 Å². The van der Waals surface area contributed by atoms with Crippen LogP contribution in [-0.2, 0) is 10.3 Å². The van der Waals surface area contributed by atoms with Crippen LogP contribution in [0.15, 0.2) is 59.9 Å². The van der Waals surface area contributed by atoms with E-state index in [1.165, 1.54) is 30.6 Å². The first-order valence-electron chi connectivity index (χ1n) is 12.5. The van der Waals surface area contributed by atoms with Crippen molar-refractivity contribution in [3.8, 4) is 17.2 Å². The van der Waals surface area contributed by atoms with Gasteiger partial charge < -0.3 is 10.2 Å². The van der Waals surface area contributed by atoms with Crippen molar-refractivity contribution in [1.29, 1.82) is 5.26 Å². The van der Waals surface area contributed by atoms with Crippen LogP contribution in [0.1, 0.15) is 56.5 Å². The van der Waals surface area contributed by atoms with Gasteiger partial charge in [0.15, 0.2) is 5.54 Å². The summed E-state index contributed by atoms with van der Waals surface area (Å²) in [7, 11) is 0. The van der Waals surface area contributed by atoms with Gasteiger partial charge in [0.2, 0.25) is 5.96 Å². The number of carbonyl (C=O) groups excluding carboxylic acids is 1. The third kappa shape index (κ3) is 5.91.